The van der Waals surface area contributed by atoms with E-state index in [-0.39, 0.29) is 17.5 Å². The van der Waals surface area contributed by atoms with Gasteiger partial charge in [0.2, 0.25) is 10.0 Å². The summed E-state index contributed by atoms with van der Waals surface area (Å²) in [5.74, 6) is 0. The minimum absolute atomic E-state index is 0.00864. The molecule has 10 nitrogen and oxygen atoms in total. The monoisotopic (exact) mass is 430 g/mol. The highest BCUT2D eigenvalue weighted by atomic mass is 32.2. The van der Waals surface area contributed by atoms with Gasteiger partial charge >= 0.3 is 6.09 Å². The van der Waals surface area contributed by atoms with Crippen molar-refractivity contribution in [2.75, 3.05) is 20.1 Å². The maximum Gasteiger partial charge on any atom is 0.407 e. The van der Waals surface area contributed by atoms with Crippen LogP contribution < -0.4 is 15.4 Å². The van der Waals surface area contributed by atoms with E-state index in [2.05, 4.69) is 15.4 Å². The van der Waals surface area contributed by atoms with Gasteiger partial charge in [-0.05, 0) is 46.7 Å². The number of sulfonamides is 1. The first-order valence-corrected chi connectivity index (χ1v) is 10.8. The Balaban J connectivity index is 2.42. The second-order valence-electron chi connectivity index (χ2n) is 7.49. The van der Waals surface area contributed by atoms with Crippen LogP contribution in [0.3, 0.4) is 0 Å². The van der Waals surface area contributed by atoms with Crippen LogP contribution in [0.4, 0.5) is 10.5 Å². The summed E-state index contributed by atoms with van der Waals surface area (Å²) in [7, 11) is -2.19. The van der Waals surface area contributed by atoms with Crippen molar-refractivity contribution in [3.8, 4) is 0 Å². The molecule has 0 unspecified atom stereocenters. The lowest BCUT2D eigenvalue weighted by atomic mass is 10.1. The Labute approximate surface area is 171 Å². The van der Waals surface area contributed by atoms with E-state index < -0.39 is 32.3 Å². The number of carbonyl (C=O) groups excluding carboxylic acids is 1. The topological polar surface area (TPSA) is 140 Å². The molecule has 0 heterocycles. The van der Waals surface area contributed by atoms with Gasteiger partial charge in [-0.15, -0.1) is 0 Å². The van der Waals surface area contributed by atoms with Crippen LogP contribution in [0.5, 0.6) is 0 Å². The van der Waals surface area contributed by atoms with Gasteiger partial charge in [-0.1, -0.05) is 18.6 Å². The number of likely N-dealkylation sites (N-methyl/N-ethyl adjacent to an activating group) is 1. The molecule has 0 aliphatic carbocycles. The van der Waals surface area contributed by atoms with Gasteiger partial charge in [-0.25, -0.2) is 17.9 Å². The Morgan fingerprint density at radius 1 is 1.24 bits per heavy atom. The van der Waals surface area contributed by atoms with E-state index in [9.17, 15) is 23.3 Å². The van der Waals surface area contributed by atoms with Gasteiger partial charge in [0.25, 0.3) is 5.69 Å². The lowest BCUT2D eigenvalue weighted by Crippen LogP contribution is -2.41. The third-order valence-electron chi connectivity index (χ3n) is 3.92. The minimum atomic E-state index is -3.96. The molecule has 0 saturated heterocycles. The summed E-state index contributed by atoms with van der Waals surface area (Å²) in [4.78, 5) is 21.6. The summed E-state index contributed by atoms with van der Waals surface area (Å²) < 4.78 is 32.2. The first-order valence-electron chi connectivity index (χ1n) is 9.33. The zero-order chi connectivity index (χ0) is 22.1. The first-order chi connectivity index (χ1) is 13.5. The molecule has 1 rings (SSSR count). The number of carbonyl (C=O) groups is 1. The normalized spacial score (nSPS) is 13.0. The molecule has 0 aliphatic rings. The molecule has 0 spiro atoms. The van der Waals surface area contributed by atoms with E-state index in [1.165, 1.54) is 18.2 Å². The second kappa shape index (κ2) is 11.1. The molecule has 164 valence electrons. The molecule has 0 radical (unpaired) electrons. The molecule has 1 aromatic rings. The smallest absolute Gasteiger partial charge is 0.407 e. The number of nitro benzene ring substituents is 1. The molecule has 29 heavy (non-hydrogen) atoms. The third-order valence-corrected chi connectivity index (χ3v) is 5.43. The van der Waals surface area contributed by atoms with E-state index in [0.717, 1.165) is 6.07 Å². The predicted molar refractivity (Wildman–Crippen MR) is 109 cm³/mol. The number of ether oxygens (including phenoxy) is 1. The molecule has 0 aromatic heterocycles. The average Bonchev–Trinajstić information content (AvgIpc) is 2.62. The van der Waals surface area contributed by atoms with E-state index in [4.69, 9.17) is 4.74 Å². The number of unbranched alkanes of at least 4 members (excludes halogenated alkanes) is 1. The van der Waals surface area contributed by atoms with Gasteiger partial charge in [0.15, 0.2) is 4.90 Å². The highest BCUT2D eigenvalue weighted by Gasteiger charge is 2.24. The van der Waals surface area contributed by atoms with E-state index in [0.29, 0.717) is 25.8 Å². The maximum absolute atomic E-state index is 12.3. The Kier molecular flexibility index (Phi) is 9.47. The number of benzene rings is 1. The number of nitrogens with zero attached hydrogens (tertiary/aromatic N) is 1. The Hall–Kier alpha value is -2.24. The van der Waals surface area contributed by atoms with Crippen molar-refractivity contribution >= 4 is 21.8 Å². The highest BCUT2D eigenvalue weighted by molar-refractivity contribution is 7.89. The van der Waals surface area contributed by atoms with Crippen LogP contribution in [0.25, 0.3) is 0 Å². The Morgan fingerprint density at radius 3 is 2.48 bits per heavy atom. The maximum atomic E-state index is 12.3. The number of amides is 1. The number of rotatable bonds is 11. The standard InChI is InChI=1S/C18H30N4O6S/c1-18(2,3)28-17(23)20-13-14(19-4)9-7-8-12-21-29(26,27)16-11-6-5-10-15(16)22(24)25/h5-6,10-11,14,19,21H,7-9,12-13H2,1-4H3,(H,20,23)/t14-/m0/s1. The average molecular weight is 431 g/mol. The summed E-state index contributed by atoms with van der Waals surface area (Å²) in [5.41, 5.74) is -1.02. The predicted octanol–water partition coefficient (Wildman–Crippen LogP) is 2.16. The molecular formula is C18H30N4O6S. The van der Waals surface area contributed by atoms with E-state index in [1.54, 1.807) is 27.8 Å². The van der Waals surface area contributed by atoms with Crippen LogP contribution in [0.2, 0.25) is 0 Å². The number of nitrogens with one attached hydrogen (secondary N) is 3. The van der Waals surface area contributed by atoms with Crippen LogP contribution in [-0.2, 0) is 14.8 Å². The second-order valence-corrected chi connectivity index (χ2v) is 9.22. The lowest BCUT2D eigenvalue weighted by molar-refractivity contribution is -0.387. The molecule has 1 aromatic carbocycles. The molecule has 0 fully saturated rings. The number of hydrogen-bond acceptors (Lipinski definition) is 7. The SMILES string of the molecule is CN[C@@H](CCCCNS(=O)(=O)c1ccccc1[N+](=O)[O-])CNC(=O)OC(C)(C)C. The zero-order valence-electron chi connectivity index (χ0n) is 17.2. The van der Waals surface area contributed by atoms with Crippen LogP contribution in [-0.4, -0.2) is 51.2 Å². The quantitative estimate of drug-likeness (QED) is 0.278. The van der Waals surface area contributed by atoms with Gasteiger partial charge < -0.3 is 15.4 Å². The summed E-state index contributed by atoms with van der Waals surface area (Å²) >= 11 is 0. The van der Waals surface area contributed by atoms with Crippen molar-refractivity contribution in [1.82, 2.24) is 15.4 Å². The van der Waals surface area contributed by atoms with Crippen molar-refractivity contribution < 1.29 is 22.9 Å². The molecule has 3 N–H and O–H groups in total. The minimum Gasteiger partial charge on any atom is -0.444 e. The summed E-state index contributed by atoms with van der Waals surface area (Å²) in [6, 6.07) is 5.23. The fourth-order valence-corrected chi connectivity index (χ4v) is 3.75. The Morgan fingerprint density at radius 2 is 1.90 bits per heavy atom. The first kappa shape index (κ1) is 24.8. The van der Waals surface area contributed by atoms with Crippen molar-refractivity contribution in [1.29, 1.82) is 0 Å². The van der Waals surface area contributed by atoms with E-state index >= 15 is 0 Å². The molecule has 0 aliphatic heterocycles. The molecule has 0 saturated carbocycles. The zero-order valence-corrected chi connectivity index (χ0v) is 18.0. The molecule has 1 atom stereocenters. The Bertz CT molecular complexity index is 792. The fourth-order valence-electron chi connectivity index (χ4n) is 2.50. The number of alkyl carbamates (subject to hydrolysis) is 1. The van der Waals surface area contributed by atoms with Gasteiger partial charge in [0, 0.05) is 25.2 Å². The highest BCUT2D eigenvalue weighted by Crippen LogP contribution is 2.22. The summed E-state index contributed by atoms with van der Waals surface area (Å²) in [5, 5.41) is 16.8. The van der Waals surface area contributed by atoms with Crippen LogP contribution >= 0.6 is 0 Å². The van der Waals surface area contributed by atoms with Crippen LogP contribution in [0, 0.1) is 10.1 Å². The van der Waals surface area contributed by atoms with Crippen LogP contribution in [0.1, 0.15) is 40.0 Å². The van der Waals surface area contributed by atoms with Crippen molar-refractivity contribution in [3.05, 3.63) is 34.4 Å². The van der Waals surface area contributed by atoms with Gasteiger partial charge in [0.05, 0.1) is 4.92 Å². The number of para-hydroxylation sites is 1. The van der Waals surface area contributed by atoms with E-state index in [1.807, 2.05) is 0 Å². The molecule has 0 bridgehead atoms. The summed E-state index contributed by atoms with van der Waals surface area (Å²) in [6.07, 6.45) is 1.46. The number of hydrogen-bond donors (Lipinski definition) is 3. The summed E-state index contributed by atoms with van der Waals surface area (Å²) in [6.45, 7) is 5.89. The van der Waals surface area contributed by atoms with Crippen molar-refractivity contribution in [3.63, 3.8) is 0 Å². The van der Waals surface area contributed by atoms with Gasteiger partial charge in [-0.2, -0.15) is 0 Å². The lowest BCUT2D eigenvalue weighted by Gasteiger charge is -2.22. The van der Waals surface area contributed by atoms with Gasteiger partial charge in [-0.3, -0.25) is 10.1 Å². The molecular weight excluding hydrogens is 400 g/mol. The third kappa shape index (κ3) is 9.20. The van der Waals surface area contributed by atoms with Crippen LogP contribution in [0.15, 0.2) is 29.2 Å². The number of nitro groups is 1. The largest absolute Gasteiger partial charge is 0.444 e. The van der Waals surface area contributed by atoms with Gasteiger partial charge in [0.1, 0.15) is 5.60 Å². The fraction of sp³-hybridized carbons (Fsp3) is 0.611. The van der Waals surface area contributed by atoms with Crippen molar-refractivity contribution in [2.24, 2.45) is 0 Å². The molecule has 1 amide bonds. The molecule has 11 heteroatoms. The van der Waals surface area contributed by atoms with Crippen molar-refractivity contribution in [2.45, 2.75) is 56.6 Å².